The van der Waals surface area contributed by atoms with Crippen molar-refractivity contribution in [2.45, 2.75) is 13.8 Å². The van der Waals surface area contributed by atoms with Gasteiger partial charge >= 0.3 is 0 Å². The molecule has 1 aromatic carbocycles. The molecule has 0 bridgehead atoms. The Kier molecular flexibility index (Phi) is 5.14. The highest BCUT2D eigenvalue weighted by Crippen LogP contribution is 2.15. The Morgan fingerprint density at radius 1 is 1.40 bits per heavy atom. The lowest BCUT2D eigenvalue weighted by Crippen LogP contribution is -2.37. The number of nitrogens with one attached hydrogen (secondary N) is 1. The van der Waals surface area contributed by atoms with Gasteiger partial charge in [0.05, 0.1) is 0 Å². The van der Waals surface area contributed by atoms with Crippen LogP contribution in [0.5, 0.6) is 0 Å². The number of hydrogen-bond acceptors (Lipinski definition) is 5. The third-order valence-corrected chi connectivity index (χ3v) is 4.77. The van der Waals surface area contributed by atoms with Crippen molar-refractivity contribution in [2.24, 2.45) is 0 Å². The van der Waals surface area contributed by atoms with Crippen molar-refractivity contribution in [3.63, 3.8) is 0 Å². The van der Waals surface area contributed by atoms with Crippen molar-refractivity contribution in [3.05, 3.63) is 63.5 Å². The van der Waals surface area contributed by atoms with E-state index in [4.69, 9.17) is 0 Å². The number of amides is 1. The predicted molar refractivity (Wildman–Crippen MR) is 101 cm³/mol. The summed E-state index contributed by atoms with van der Waals surface area (Å²) >= 11 is 1.36. The van der Waals surface area contributed by atoms with E-state index in [-0.39, 0.29) is 11.1 Å². The van der Waals surface area contributed by atoms with Crippen molar-refractivity contribution in [2.75, 3.05) is 24.5 Å². The fraction of sp³-hybridized carbons (Fsp3) is 0.278. The van der Waals surface area contributed by atoms with Gasteiger partial charge in [-0.15, -0.1) is 11.3 Å². The average Bonchev–Trinajstić information content (AvgIpc) is 3.08. The third kappa shape index (κ3) is 3.71. The minimum Gasteiger partial charge on any atom is -0.370 e. The van der Waals surface area contributed by atoms with E-state index in [0.717, 1.165) is 12.2 Å². The molecule has 6 nitrogen and oxygen atoms in total. The van der Waals surface area contributed by atoms with Crippen LogP contribution < -0.4 is 15.8 Å². The van der Waals surface area contributed by atoms with Gasteiger partial charge in [-0.3, -0.25) is 14.0 Å². The lowest BCUT2D eigenvalue weighted by atomic mass is 10.2. The standard InChI is InChI=1S/C18H20N4O2S/c1-3-21(14-6-4-5-13(2)11-14)8-7-19-16(23)15-12-20-18-22(17(15)24)9-10-25-18/h4-6,9-12H,3,7-8H2,1-2H3,(H,19,23). The zero-order valence-corrected chi connectivity index (χ0v) is 15.0. The number of rotatable bonds is 6. The van der Waals surface area contributed by atoms with Gasteiger partial charge in [-0.25, -0.2) is 4.98 Å². The molecule has 2 aromatic heterocycles. The zero-order valence-electron chi connectivity index (χ0n) is 14.2. The van der Waals surface area contributed by atoms with Crippen molar-refractivity contribution >= 4 is 27.9 Å². The molecule has 0 aliphatic heterocycles. The number of carbonyl (C=O) groups excluding carboxylic acids is 1. The highest BCUT2D eigenvalue weighted by atomic mass is 32.1. The summed E-state index contributed by atoms with van der Waals surface area (Å²) in [5, 5.41) is 4.59. The number of fused-ring (bicyclic) bond motifs is 1. The summed E-state index contributed by atoms with van der Waals surface area (Å²) in [5.74, 6) is -0.390. The number of likely N-dealkylation sites (N-methyl/N-ethyl adjacent to an activating group) is 1. The maximum Gasteiger partial charge on any atom is 0.271 e. The predicted octanol–water partition coefficient (Wildman–Crippen LogP) is 2.32. The van der Waals surface area contributed by atoms with E-state index in [0.29, 0.717) is 18.1 Å². The number of aryl methyl sites for hydroxylation is 1. The molecule has 25 heavy (non-hydrogen) atoms. The van der Waals surface area contributed by atoms with Crippen LogP contribution >= 0.6 is 11.3 Å². The molecule has 1 amide bonds. The summed E-state index contributed by atoms with van der Waals surface area (Å²) in [6, 6.07) is 8.25. The van der Waals surface area contributed by atoms with Crippen LogP contribution in [0.15, 0.2) is 46.8 Å². The molecular formula is C18H20N4O2S. The first-order valence-corrected chi connectivity index (χ1v) is 9.03. The van der Waals surface area contributed by atoms with E-state index < -0.39 is 5.91 Å². The van der Waals surface area contributed by atoms with E-state index >= 15 is 0 Å². The van der Waals surface area contributed by atoms with Crippen LogP contribution in [0, 0.1) is 6.92 Å². The molecule has 0 fully saturated rings. The topological polar surface area (TPSA) is 66.7 Å². The number of aromatic nitrogens is 2. The van der Waals surface area contributed by atoms with Gasteiger partial charge in [0.1, 0.15) is 5.56 Å². The number of hydrogen-bond donors (Lipinski definition) is 1. The van der Waals surface area contributed by atoms with Gasteiger partial charge in [0.25, 0.3) is 11.5 Å². The number of carbonyl (C=O) groups is 1. The van der Waals surface area contributed by atoms with Gasteiger partial charge in [0, 0.05) is 43.1 Å². The van der Waals surface area contributed by atoms with E-state index in [2.05, 4.69) is 47.2 Å². The molecule has 2 heterocycles. The van der Waals surface area contributed by atoms with Gasteiger partial charge in [-0.1, -0.05) is 12.1 Å². The Bertz CT molecular complexity index is 947. The van der Waals surface area contributed by atoms with Gasteiger partial charge in [0.2, 0.25) is 0 Å². The molecule has 130 valence electrons. The van der Waals surface area contributed by atoms with Crippen molar-refractivity contribution in [1.82, 2.24) is 14.7 Å². The summed E-state index contributed by atoms with van der Waals surface area (Å²) < 4.78 is 1.39. The second-order valence-electron chi connectivity index (χ2n) is 5.71. The van der Waals surface area contributed by atoms with Gasteiger partial charge in [-0.05, 0) is 31.5 Å². The molecule has 0 saturated carbocycles. The Morgan fingerprint density at radius 2 is 2.24 bits per heavy atom. The van der Waals surface area contributed by atoms with Gasteiger partial charge in [0.15, 0.2) is 4.96 Å². The summed E-state index contributed by atoms with van der Waals surface area (Å²) in [4.78, 5) is 31.5. The first-order valence-electron chi connectivity index (χ1n) is 8.15. The monoisotopic (exact) mass is 356 g/mol. The molecule has 7 heteroatoms. The van der Waals surface area contributed by atoms with Crippen LogP contribution in [0.1, 0.15) is 22.8 Å². The molecule has 0 spiro atoms. The highest BCUT2D eigenvalue weighted by Gasteiger charge is 2.14. The maximum absolute atomic E-state index is 12.3. The summed E-state index contributed by atoms with van der Waals surface area (Å²) in [5.41, 5.74) is 2.05. The van der Waals surface area contributed by atoms with Crippen LogP contribution in [0.3, 0.4) is 0 Å². The first-order chi connectivity index (χ1) is 12.1. The van der Waals surface area contributed by atoms with E-state index in [1.807, 2.05) is 6.07 Å². The van der Waals surface area contributed by atoms with E-state index in [1.54, 1.807) is 11.6 Å². The normalized spacial score (nSPS) is 10.8. The molecular weight excluding hydrogens is 336 g/mol. The summed E-state index contributed by atoms with van der Waals surface area (Å²) in [7, 11) is 0. The van der Waals surface area contributed by atoms with Crippen LogP contribution in [-0.2, 0) is 0 Å². The van der Waals surface area contributed by atoms with Crippen LogP contribution in [0.4, 0.5) is 5.69 Å². The molecule has 0 radical (unpaired) electrons. The zero-order chi connectivity index (χ0) is 17.8. The largest absolute Gasteiger partial charge is 0.370 e. The Hall–Kier alpha value is -2.67. The van der Waals surface area contributed by atoms with E-state index in [9.17, 15) is 9.59 Å². The molecule has 1 N–H and O–H groups in total. The van der Waals surface area contributed by atoms with Crippen LogP contribution in [0.2, 0.25) is 0 Å². The molecule has 3 rings (SSSR count). The first kappa shape index (κ1) is 17.2. The molecule has 3 aromatic rings. The molecule has 0 atom stereocenters. The quantitative estimate of drug-likeness (QED) is 0.736. The summed E-state index contributed by atoms with van der Waals surface area (Å²) in [6.07, 6.45) is 2.98. The van der Waals surface area contributed by atoms with Crippen molar-refractivity contribution in [3.8, 4) is 0 Å². The van der Waals surface area contributed by atoms with Crippen LogP contribution in [-0.4, -0.2) is 34.9 Å². The fourth-order valence-corrected chi connectivity index (χ4v) is 3.35. The van der Waals surface area contributed by atoms with E-state index in [1.165, 1.54) is 27.5 Å². The Balaban J connectivity index is 1.65. The fourth-order valence-electron chi connectivity index (χ4n) is 2.67. The number of anilines is 1. The molecule has 0 aliphatic carbocycles. The minimum absolute atomic E-state index is 0.0644. The number of thiazole rings is 1. The average molecular weight is 356 g/mol. The van der Waals surface area contributed by atoms with Crippen molar-refractivity contribution < 1.29 is 4.79 Å². The molecule has 0 unspecified atom stereocenters. The Labute approximate surface area is 149 Å². The highest BCUT2D eigenvalue weighted by molar-refractivity contribution is 7.15. The summed E-state index contributed by atoms with van der Waals surface area (Å²) in [6.45, 7) is 6.09. The second kappa shape index (κ2) is 7.48. The number of nitrogens with zero attached hydrogens (tertiary/aromatic N) is 3. The smallest absolute Gasteiger partial charge is 0.271 e. The lowest BCUT2D eigenvalue weighted by molar-refractivity contribution is 0.0952. The maximum atomic E-state index is 12.3. The second-order valence-corrected chi connectivity index (χ2v) is 6.58. The minimum atomic E-state index is -0.390. The van der Waals surface area contributed by atoms with Gasteiger partial charge < -0.3 is 10.2 Å². The Morgan fingerprint density at radius 3 is 3.00 bits per heavy atom. The third-order valence-electron chi connectivity index (χ3n) is 4.00. The molecule has 0 saturated heterocycles. The SMILES string of the molecule is CCN(CCNC(=O)c1cnc2sccn2c1=O)c1cccc(C)c1. The number of benzene rings is 1. The van der Waals surface area contributed by atoms with Crippen molar-refractivity contribution in [1.29, 1.82) is 0 Å². The molecule has 0 aliphatic rings. The van der Waals surface area contributed by atoms with Crippen LogP contribution in [0.25, 0.3) is 4.96 Å². The van der Waals surface area contributed by atoms with Gasteiger partial charge in [-0.2, -0.15) is 0 Å². The lowest BCUT2D eigenvalue weighted by Gasteiger charge is -2.23.